The van der Waals surface area contributed by atoms with Crippen LogP contribution in [0.5, 0.6) is 0 Å². The van der Waals surface area contributed by atoms with E-state index in [0.717, 1.165) is 61.5 Å². The third-order valence-electron chi connectivity index (χ3n) is 6.17. The van der Waals surface area contributed by atoms with Gasteiger partial charge >= 0.3 is 0 Å². The van der Waals surface area contributed by atoms with Gasteiger partial charge in [0.25, 0.3) is 5.91 Å². The maximum absolute atomic E-state index is 13.1. The van der Waals surface area contributed by atoms with Gasteiger partial charge in [0.15, 0.2) is 0 Å². The number of hydrogen-bond donors (Lipinski definition) is 0. The summed E-state index contributed by atoms with van der Waals surface area (Å²) in [5, 5.41) is 3.08. The van der Waals surface area contributed by atoms with Crippen LogP contribution >= 0.6 is 24.0 Å². The van der Waals surface area contributed by atoms with E-state index in [9.17, 15) is 4.79 Å². The number of rotatable bonds is 6. The quantitative estimate of drug-likeness (QED) is 0.434. The average Bonchev–Trinajstić information content (AvgIpc) is 2.79. The largest absolute Gasteiger partial charge is 0.339 e. The molecule has 1 heterocycles. The molecule has 0 spiro atoms. The van der Waals surface area contributed by atoms with Crippen LogP contribution in [0.1, 0.15) is 35.7 Å². The molecule has 31 heavy (non-hydrogen) atoms. The van der Waals surface area contributed by atoms with Crippen molar-refractivity contribution < 1.29 is 4.79 Å². The highest BCUT2D eigenvalue weighted by molar-refractivity contribution is 6.30. The first-order valence-electron chi connectivity index (χ1n) is 10.9. The van der Waals surface area contributed by atoms with E-state index >= 15 is 0 Å². The number of amides is 1. The van der Waals surface area contributed by atoms with Gasteiger partial charge in [0.05, 0.1) is 0 Å². The Hall–Kier alpha value is -2.07. The van der Waals surface area contributed by atoms with E-state index < -0.39 is 0 Å². The Bertz CT molecular complexity index is 998. The Balaban J connectivity index is 0.00000272. The Labute approximate surface area is 196 Å². The normalized spacial score (nSPS) is 14.9. The lowest BCUT2D eigenvalue weighted by atomic mass is 9.95. The number of hydrogen-bond acceptors (Lipinski definition) is 2. The zero-order chi connectivity index (χ0) is 20.9. The minimum absolute atomic E-state index is 0. The van der Waals surface area contributed by atoms with Crippen LogP contribution in [-0.4, -0.2) is 41.9 Å². The monoisotopic (exact) mass is 456 g/mol. The minimum Gasteiger partial charge on any atom is -0.339 e. The van der Waals surface area contributed by atoms with Crippen LogP contribution < -0.4 is 0 Å². The minimum atomic E-state index is 0. The van der Waals surface area contributed by atoms with Gasteiger partial charge in [0.1, 0.15) is 0 Å². The van der Waals surface area contributed by atoms with Crippen molar-refractivity contribution in [1.82, 2.24) is 9.80 Å². The third kappa shape index (κ3) is 6.00. The van der Waals surface area contributed by atoms with Crippen molar-refractivity contribution in [2.45, 2.75) is 26.3 Å². The number of halogens is 2. The van der Waals surface area contributed by atoms with Crippen molar-refractivity contribution in [3.8, 4) is 0 Å². The summed E-state index contributed by atoms with van der Waals surface area (Å²) in [7, 11) is 0. The Morgan fingerprint density at radius 1 is 1.00 bits per heavy atom. The predicted molar refractivity (Wildman–Crippen MR) is 132 cm³/mol. The summed E-state index contributed by atoms with van der Waals surface area (Å²) in [6, 6.07) is 22.4. The standard InChI is InChI=1S/C26H29ClN2O.ClH/c1-2-29(26(30)24-10-9-22-5-3-4-6-23(22)17-24)19-21-13-15-28(16-14-21)18-20-7-11-25(27)12-8-20;/h3-12,17,21H,2,13-16,18-19H2,1H3;1H. The molecule has 0 aromatic heterocycles. The molecule has 164 valence electrons. The molecule has 0 unspecified atom stereocenters. The molecule has 1 saturated heterocycles. The van der Waals surface area contributed by atoms with E-state index in [4.69, 9.17) is 11.6 Å². The van der Waals surface area contributed by atoms with Gasteiger partial charge in [-0.25, -0.2) is 0 Å². The van der Waals surface area contributed by atoms with E-state index in [1.54, 1.807) is 0 Å². The first-order chi connectivity index (χ1) is 14.6. The molecule has 0 atom stereocenters. The molecule has 0 saturated carbocycles. The molecule has 3 aromatic carbocycles. The van der Waals surface area contributed by atoms with Crippen LogP contribution in [0.25, 0.3) is 10.8 Å². The highest BCUT2D eigenvalue weighted by Crippen LogP contribution is 2.22. The highest BCUT2D eigenvalue weighted by atomic mass is 35.5. The van der Waals surface area contributed by atoms with E-state index in [2.05, 4.69) is 36.1 Å². The van der Waals surface area contributed by atoms with Crippen LogP contribution in [0.2, 0.25) is 5.02 Å². The number of likely N-dealkylation sites (tertiary alicyclic amines) is 1. The molecule has 3 aromatic rings. The number of carbonyl (C=O) groups is 1. The van der Waals surface area contributed by atoms with Crippen molar-refractivity contribution in [2.75, 3.05) is 26.2 Å². The maximum atomic E-state index is 13.1. The number of piperidine rings is 1. The Morgan fingerprint density at radius 3 is 2.35 bits per heavy atom. The van der Waals surface area contributed by atoms with Crippen molar-refractivity contribution in [2.24, 2.45) is 5.92 Å². The smallest absolute Gasteiger partial charge is 0.253 e. The zero-order valence-electron chi connectivity index (χ0n) is 18.0. The van der Waals surface area contributed by atoms with E-state index in [-0.39, 0.29) is 18.3 Å². The molecule has 1 amide bonds. The molecule has 1 aliphatic rings. The molecule has 1 aliphatic heterocycles. The summed E-state index contributed by atoms with van der Waals surface area (Å²) in [4.78, 5) is 17.6. The van der Waals surface area contributed by atoms with Gasteiger partial charge in [-0.05, 0) is 79.4 Å². The van der Waals surface area contributed by atoms with Crippen LogP contribution in [0.15, 0.2) is 66.7 Å². The average molecular weight is 457 g/mol. The van der Waals surface area contributed by atoms with Gasteiger partial charge in [0, 0.05) is 30.2 Å². The predicted octanol–water partition coefficient (Wildman–Crippen LogP) is 6.29. The fraction of sp³-hybridized carbons (Fsp3) is 0.346. The SMILES string of the molecule is CCN(CC1CCN(Cc2ccc(Cl)cc2)CC1)C(=O)c1ccc2ccccc2c1.Cl. The number of fused-ring (bicyclic) bond motifs is 1. The fourth-order valence-corrected chi connectivity index (χ4v) is 4.47. The van der Waals surface area contributed by atoms with Crippen molar-refractivity contribution in [3.63, 3.8) is 0 Å². The maximum Gasteiger partial charge on any atom is 0.253 e. The fourth-order valence-electron chi connectivity index (χ4n) is 4.35. The van der Waals surface area contributed by atoms with Gasteiger partial charge < -0.3 is 4.90 Å². The molecule has 0 aliphatic carbocycles. The van der Waals surface area contributed by atoms with Gasteiger partial charge in [-0.2, -0.15) is 0 Å². The van der Waals surface area contributed by atoms with Gasteiger partial charge in [-0.1, -0.05) is 54.1 Å². The molecule has 5 heteroatoms. The number of carbonyl (C=O) groups excluding carboxylic acids is 1. The van der Waals surface area contributed by atoms with E-state index in [0.29, 0.717) is 5.92 Å². The number of nitrogens with zero attached hydrogens (tertiary/aromatic N) is 2. The second-order valence-corrected chi connectivity index (χ2v) is 8.69. The molecular weight excluding hydrogens is 427 g/mol. The lowest BCUT2D eigenvalue weighted by Crippen LogP contribution is -2.40. The first kappa shape index (κ1) is 23.6. The Kier molecular flexibility index (Phi) is 8.36. The lowest BCUT2D eigenvalue weighted by molar-refractivity contribution is 0.0699. The van der Waals surface area contributed by atoms with E-state index in [1.807, 2.05) is 47.4 Å². The zero-order valence-corrected chi connectivity index (χ0v) is 19.5. The Morgan fingerprint density at radius 2 is 1.68 bits per heavy atom. The van der Waals surface area contributed by atoms with Crippen molar-refractivity contribution in [1.29, 1.82) is 0 Å². The molecule has 0 radical (unpaired) electrons. The molecule has 1 fully saturated rings. The van der Waals surface area contributed by atoms with Gasteiger partial charge in [-0.15, -0.1) is 12.4 Å². The molecule has 4 rings (SSSR count). The van der Waals surface area contributed by atoms with Crippen LogP contribution in [0, 0.1) is 5.92 Å². The molecule has 3 nitrogen and oxygen atoms in total. The van der Waals surface area contributed by atoms with Crippen LogP contribution in [-0.2, 0) is 6.54 Å². The molecule has 0 N–H and O–H groups in total. The van der Waals surface area contributed by atoms with E-state index in [1.165, 1.54) is 10.9 Å². The topological polar surface area (TPSA) is 23.6 Å². The van der Waals surface area contributed by atoms with Crippen LogP contribution in [0.4, 0.5) is 0 Å². The van der Waals surface area contributed by atoms with Crippen molar-refractivity contribution in [3.05, 3.63) is 82.9 Å². The lowest BCUT2D eigenvalue weighted by Gasteiger charge is -2.34. The summed E-state index contributed by atoms with van der Waals surface area (Å²) in [6.45, 7) is 6.80. The number of benzene rings is 3. The summed E-state index contributed by atoms with van der Waals surface area (Å²) in [5.74, 6) is 0.711. The molecular formula is C26H30Cl2N2O. The van der Waals surface area contributed by atoms with Crippen LogP contribution in [0.3, 0.4) is 0 Å². The summed E-state index contributed by atoms with van der Waals surface area (Å²) >= 11 is 5.99. The summed E-state index contributed by atoms with van der Waals surface area (Å²) in [6.07, 6.45) is 2.27. The van der Waals surface area contributed by atoms with Gasteiger partial charge in [0.2, 0.25) is 0 Å². The summed E-state index contributed by atoms with van der Waals surface area (Å²) < 4.78 is 0. The molecule has 0 bridgehead atoms. The van der Waals surface area contributed by atoms with Gasteiger partial charge in [-0.3, -0.25) is 9.69 Å². The summed E-state index contributed by atoms with van der Waals surface area (Å²) in [5.41, 5.74) is 2.09. The first-order valence-corrected chi connectivity index (χ1v) is 11.2. The third-order valence-corrected chi connectivity index (χ3v) is 6.42. The highest BCUT2D eigenvalue weighted by Gasteiger charge is 2.24. The second-order valence-electron chi connectivity index (χ2n) is 8.25. The van der Waals surface area contributed by atoms with Crippen molar-refractivity contribution >= 4 is 40.7 Å². The second kappa shape index (κ2) is 11.0.